The number of aliphatic hydroxyl groups excluding tert-OH is 1. The number of amides is 1. The van der Waals surface area contributed by atoms with Gasteiger partial charge in [0.2, 0.25) is 0 Å². The maximum atomic E-state index is 12.1. The summed E-state index contributed by atoms with van der Waals surface area (Å²) in [6, 6.07) is 3.71. The zero-order valence-corrected chi connectivity index (χ0v) is 12.8. The number of hydrogen-bond acceptors (Lipinski definition) is 4. The first-order valence-corrected chi connectivity index (χ1v) is 7.38. The molecule has 1 amide bonds. The van der Waals surface area contributed by atoms with E-state index >= 15 is 0 Å². The van der Waals surface area contributed by atoms with E-state index in [9.17, 15) is 4.79 Å². The fraction of sp³-hybridized carbons (Fsp3) is 0.333. The van der Waals surface area contributed by atoms with Gasteiger partial charge >= 0.3 is 0 Å². The topological polar surface area (TPSA) is 67.2 Å². The number of nitrogens with one attached hydrogen (secondary N) is 1. The van der Waals surface area contributed by atoms with Gasteiger partial charge in [-0.25, -0.2) is 0 Å². The third-order valence-electron chi connectivity index (χ3n) is 2.93. The van der Waals surface area contributed by atoms with E-state index in [2.05, 4.69) is 22.3 Å². The second kappa shape index (κ2) is 7.07. The molecule has 21 heavy (non-hydrogen) atoms. The number of rotatable bonds is 4. The first-order valence-electron chi connectivity index (χ1n) is 6.57. The maximum absolute atomic E-state index is 12.1. The van der Waals surface area contributed by atoms with E-state index in [1.807, 2.05) is 26.1 Å². The van der Waals surface area contributed by atoms with Crippen molar-refractivity contribution in [2.75, 3.05) is 6.61 Å². The lowest BCUT2D eigenvalue weighted by atomic mass is 10.2. The fourth-order valence-corrected chi connectivity index (χ4v) is 2.71. The van der Waals surface area contributed by atoms with E-state index in [1.54, 1.807) is 10.9 Å². The van der Waals surface area contributed by atoms with E-state index in [0.717, 1.165) is 16.1 Å². The van der Waals surface area contributed by atoms with Gasteiger partial charge in [0, 0.05) is 19.7 Å². The van der Waals surface area contributed by atoms with E-state index in [4.69, 9.17) is 5.11 Å². The monoisotopic (exact) mass is 303 g/mol. The van der Waals surface area contributed by atoms with Gasteiger partial charge in [-0.1, -0.05) is 11.8 Å². The molecule has 6 heteroatoms. The highest BCUT2D eigenvalue weighted by Gasteiger charge is 2.11. The van der Waals surface area contributed by atoms with Gasteiger partial charge in [-0.2, -0.15) is 5.10 Å². The van der Waals surface area contributed by atoms with Crippen LogP contribution in [0.4, 0.5) is 0 Å². The molecule has 2 aromatic rings. The molecular formula is C15H17N3O2S. The van der Waals surface area contributed by atoms with Crippen LogP contribution in [0.25, 0.3) is 0 Å². The summed E-state index contributed by atoms with van der Waals surface area (Å²) in [6.45, 7) is 2.42. The molecule has 2 aromatic heterocycles. The number of thiophene rings is 1. The first kappa shape index (κ1) is 15.3. The molecule has 0 radical (unpaired) electrons. The standard InChI is InChI=1S/C15H17N3O2S/c1-11-9-14(21-13(11)5-3-4-8-19)15(20)16-10-12-6-7-17-18(12)2/h6-7,9,19H,4,8,10H2,1-2H3,(H,16,20). The molecule has 0 bridgehead atoms. The normalized spacial score (nSPS) is 10.0. The molecule has 0 fully saturated rings. The number of hydrogen-bond donors (Lipinski definition) is 2. The lowest BCUT2D eigenvalue weighted by Gasteiger charge is -2.03. The van der Waals surface area contributed by atoms with Crippen LogP contribution < -0.4 is 5.32 Å². The van der Waals surface area contributed by atoms with Crippen molar-refractivity contribution in [3.8, 4) is 11.8 Å². The van der Waals surface area contributed by atoms with Crippen LogP contribution in [0.5, 0.6) is 0 Å². The van der Waals surface area contributed by atoms with Crippen LogP contribution in [0.2, 0.25) is 0 Å². The summed E-state index contributed by atoms with van der Waals surface area (Å²) >= 11 is 1.37. The quantitative estimate of drug-likeness (QED) is 0.840. The average Bonchev–Trinajstić information content (AvgIpc) is 3.03. The van der Waals surface area contributed by atoms with Crippen LogP contribution in [-0.4, -0.2) is 27.4 Å². The van der Waals surface area contributed by atoms with E-state index < -0.39 is 0 Å². The number of carbonyl (C=O) groups excluding carboxylic acids is 1. The Morgan fingerprint density at radius 3 is 3.05 bits per heavy atom. The molecular weight excluding hydrogens is 286 g/mol. The van der Waals surface area contributed by atoms with E-state index in [0.29, 0.717) is 17.8 Å². The number of aromatic nitrogens is 2. The summed E-state index contributed by atoms with van der Waals surface area (Å²) in [5.41, 5.74) is 1.93. The Morgan fingerprint density at radius 1 is 1.57 bits per heavy atom. The van der Waals surface area contributed by atoms with Crippen LogP contribution in [0.15, 0.2) is 18.3 Å². The average molecular weight is 303 g/mol. The lowest BCUT2D eigenvalue weighted by Crippen LogP contribution is -2.23. The Morgan fingerprint density at radius 2 is 2.38 bits per heavy atom. The van der Waals surface area contributed by atoms with Crippen molar-refractivity contribution in [1.29, 1.82) is 0 Å². The molecule has 0 saturated heterocycles. The van der Waals surface area contributed by atoms with Gasteiger partial charge in [0.05, 0.1) is 28.6 Å². The van der Waals surface area contributed by atoms with Crippen LogP contribution in [0.3, 0.4) is 0 Å². The van der Waals surface area contributed by atoms with Crippen molar-refractivity contribution in [3.63, 3.8) is 0 Å². The van der Waals surface area contributed by atoms with Crippen molar-refractivity contribution in [2.24, 2.45) is 7.05 Å². The van der Waals surface area contributed by atoms with E-state index in [1.165, 1.54) is 11.3 Å². The maximum Gasteiger partial charge on any atom is 0.261 e. The molecule has 2 rings (SSSR count). The van der Waals surface area contributed by atoms with Gasteiger partial charge in [0.25, 0.3) is 5.91 Å². The summed E-state index contributed by atoms with van der Waals surface area (Å²) < 4.78 is 1.73. The predicted molar refractivity (Wildman–Crippen MR) is 82.0 cm³/mol. The molecule has 0 saturated carbocycles. The smallest absolute Gasteiger partial charge is 0.261 e. The molecule has 0 unspecified atom stereocenters. The molecule has 2 N–H and O–H groups in total. The molecule has 110 valence electrons. The SMILES string of the molecule is Cc1cc(C(=O)NCc2ccnn2C)sc1C#CCCO. The highest BCUT2D eigenvalue weighted by molar-refractivity contribution is 7.14. The minimum absolute atomic E-state index is 0.0511. The van der Waals surface area contributed by atoms with Crippen LogP contribution >= 0.6 is 11.3 Å². The minimum Gasteiger partial charge on any atom is -0.395 e. The number of carbonyl (C=O) groups is 1. The Labute approximate surface area is 127 Å². The Balaban J connectivity index is 2.02. The third-order valence-corrected chi connectivity index (χ3v) is 4.08. The molecule has 0 aliphatic carbocycles. The Hall–Kier alpha value is -2.10. The second-order valence-electron chi connectivity index (χ2n) is 4.53. The fourth-order valence-electron chi connectivity index (χ4n) is 1.75. The third kappa shape index (κ3) is 3.94. The Bertz CT molecular complexity index is 691. The van der Waals surface area contributed by atoms with Crippen LogP contribution in [0.1, 0.15) is 32.2 Å². The van der Waals surface area contributed by atoms with Crippen molar-refractivity contribution < 1.29 is 9.90 Å². The predicted octanol–water partition coefficient (Wildman–Crippen LogP) is 1.45. The first-order chi connectivity index (χ1) is 10.1. The number of aryl methyl sites for hydroxylation is 2. The lowest BCUT2D eigenvalue weighted by molar-refractivity contribution is 0.0954. The molecule has 0 spiro atoms. The zero-order valence-electron chi connectivity index (χ0n) is 12.0. The highest BCUT2D eigenvalue weighted by Crippen LogP contribution is 2.21. The van der Waals surface area contributed by atoms with Gasteiger partial charge in [-0.05, 0) is 24.6 Å². The summed E-state index contributed by atoms with van der Waals surface area (Å²) in [6.07, 6.45) is 2.14. The number of aliphatic hydroxyl groups is 1. The zero-order chi connectivity index (χ0) is 15.2. The van der Waals surface area contributed by atoms with Crippen molar-refractivity contribution >= 4 is 17.2 Å². The summed E-state index contributed by atoms with van der Waals surface area (Å²) in [5.74, 6) is 5.74. The van der Waals surface area contributed by atoms with Gasteiger partial charge in [0.1, 0.15) is 0 Å². The molecule has 0 aliphatic heterocycles. The van der Waals surface area contributed by atoms with Crippen molar-refractivity contribution in [3.05, 3.63) is 39.3 Å². The van der Waals surface area contributed by atoms with Crippen molar-refractivity contribution in [2.45, 2.75) is 19.9 Å². The van der Waals surface area contributed by atoms with Crippen molar-refractivity contribution in [1.82, 2.24) is 15.1 Å². The summed E-state index contributed by atoms with van der Waals surface area (Å²) in [7, 11) is 1.84. The molecule has 0 atom stereocenters. The number of nitrogens with zero attached hydrogens (tertiary/aromatic N) is 2. The molecule has 5 nitrogen and oxygen atoms in total. The van der Waals surface area contributed by atoms with E-state index in [-0.39, 0.29) is 12.5 Å². The molecule has 2 heterocycles. The second-order valence-corrected chi connectivity index (χ2v) is 5.58. The summed E-state index contributed by atoms with van der Waals surface area (Å²) in [4.78, 5) is 13.6. The van der Waals surface area contributed by atoms with Gasteiger partial charge in [-0.15, -0.1) is 11.3 Å². The molecule has 0 aromatic carbocycles. The van der Waals surface area contributed by atoms with Gasteiger partial charge in [-0.3, -0.25) is 9.48 Å². The highest BCUT2D eigenvalue weighted by atomic mass is 32.1. The summed E-state index contributed by atoms with van der Waals surface area (Å²) in [5, 5.41) is 15.6. The molecule has 0 aliphatic rings. The van der Waals surface area contributed by atoms with Gasteiger partial charge < -0.3 is 10.4 Å². The van der Waals surface area contributed by atoms with Crippen LogP contribution in [-0.2, 0) is 13.6 Å². The Kier molecular flexibility index (Phi) is 5.14. The van der Waals surface area contributed by atoms with Crippen LogP contribution in [0, 0.1) is 18.8 Å². The van der Waals surface area contributed by atoms with Gasteiger partial charge in [0.15, 0.2) is 0 Å². The largest absolute Gasteiger partial charge is 0.395 e. The minimum atomic E-state index is -0.112.